The van der Waals surface area contributed by atoms with Crippen LogP contribution in [0.3, 0.4) is 0 Å². The van der Waals surface area contributed by atoms with Crippen molar-refractivity contribution in [2.75, 3.05) is 0 Å². The molecule has 0 bridgehead atoms. The van der Waals surface area contributed by atoms with Crippen LogP contribution in [0.2, 0.25) is 5.02 Å². The van der Waals surface area contributed by atoms with E-state index in [4.69, 9.17) is 20.8 Å². The molecule has 154 valence electrons. The minimum atomic E-state index is -0.782. The van der Waals surface area contributed by atoms with Crippen molar-refractivity contribution >= 4 is 33.9 Å². The number of hydrogen-bond acceptors (Lipinski definition) is 7. The van der Waals surface area contributed by atoms with Gasteiger partial charge in [0.05, 0.1) is 21.3 Å². The predicted octanol–water partition coefficient (Wildman–Crippen LogP) is 5.72. The summed E-state index contributed by atoms with van der Waals surface area (Å²) in [5.74, 6) is 0.293. The van der Waals surface area contributed by atoms with E-state index >= 15 is 0 Å². The maximum atomic E-state index is 12.6. The smallest absolute Gasteiger partial charge is 0.318 e. The first-order valence-corrected chi connectivity index (χ1v) is 9.14. The Bertz CT molecular complexity index is 1400. The molecule has 0 amide bonds. The summed E-state index contributed by atoms with van der Waals surface area (Å²) in [7, 11) is 0. The van der Waals surface area contributed by atoms with Crippen LogP contribution < -0.4 is 10.2 Å². The van der Waals surface area contributed by atoms with Gasteiger partial charge >= 0.3 is 5.69 Å². The van der Waals surface area contributed by atoms with Gasteiger partial charge in [-0.15, -0.1) is 0 Å². The topological polar surface area (TPSA) is 126 Å². The van der Waals surface area contributed by atoms with Crippen LogP contribution in [0.15, 0.2) is 75.9 Å². The van der Waals surface area contributed by atoms with Gasteiger partial charge in [-0.25, -0.2) is 0 Å². The molecule has 0 radical (unpaired) electrons. The van der Waals surface area contributed by atoms with Crippen molar-refractivity contribution in [1.82, 2.24) is 0 Å². The van der Waals surface area contributed by atoms with Crippen molar-refractivity contribution in [3.63, 3.8) is 0 Å². The van der Waals surface area contributed by atoms with Crippen LogP contribution in [-0.2, 0) is 0 Å². The fourth-order valence-electron chi connectivity index (χ4n) is 2.93. The van der Waals surface area contributed by atoms with Crippen molar-refractivity contribution < 1.29 is 19.0 Å². The number of hydrogen-bond donors (Lipinski definition) is 0. The first-order chi connectivity index (χ1) is 14.8. The molecule has 4 rings (SSSR count). The molecule has 0 unspecified atom stereocenters. The molecule has 0 atom stereocenters. The van der Waals surface area contributed by atoms with Crippen LogP contribution in [0, 0.1) is 20.2 Å². The standard InChI is InChI=1S/C21H11ClN2O7/c22-13-3-1-12(2-4-13)21-11-18(25)16-10-15(6-8-19(16)31-21)30-20-7-5-14(23(26)27)9-17(20)24(28)29/h1-11H. The summed E-state index contributed by atoms with van der Waals surface area (Å²) < 4.78 is 11.3. The third kappa shape index (κ3) is 4.07. The number of benzene rings is 3. The molecule has 0 saturated heterocycles. The van der Waals surface area contributed by atoms with Crippen LogP contribution in [0.4, 0.5) is 11.4 Å². The second-order valence-electron chi connectivity index (χ2n) is 6.41. The molecule has 0 N–H and O–H groups in total. The van der Waals surface area contributed by atoms with E-state index in [1.54, 1.807) is 24.3 Å². The summed E-state index contributed by atoms with van der Waals surface area (Å²) in [6.07, 6.45) is 0. The Morgan fingerprint density at radius 3 is 2.29 bits per heavy atom. The fraction of sp³-hybridized carbons (Fsp3) is 0. The predicted molar refractivity (Wildman–Crippen MR) is 113 cm³/mol. The van der Waals surface area contributed by atoms with Crippen LogP contribution >= 0.6 is 11.6 Å². The van der Waals surface area contributed by atoms with Crippen molar-refractivity contribution in [2.45, 2.75) is 0 Å². The Morgan fingerprint density at radius 2 is 1.61 bits per heavy atom. The monoisotopic (exact) mass is 438 g/mol. The average molecular weight is 439 g/mol. The van der Waals surface area contributed by atoms with Gasteiger partial charge in [0.1, 0.15) is 17.1 Å². The van der Waals surface area contributed by atoms with E-state index in [1.807, 2.05) is 0 Å². The van der Waals surface area contributed by atoms with E-state index in [2.05, 4.69) is 0 Å². The quantitative estimate of drug-likeness (QED) is 0.288. The molecule has 0 aliphatic heterocycles. The van der Waals surface area contributed by atoms with E-state index in [1.165, 1.54) is 24.3 Å². The van der Waals surface area contributed by atoms with E-state index in [0.29, 0.717) is 21.9 Å². The van der Waals surface area contributed by atoms with Crippen LogP contribution in [0.5, 0.6) is 11.5 Å². The first kappa shape index (κ1) is 20.0. The normalized spacial score (nSPS) is 10.7. The van der Waals surface area contributed by atoms with Crippen molar-refractivity contribution in [3.8, 4) is 22.8 Å². The van der Waals surface area contributed by atoms with E-state index in [9.17, 15) is 25.0 Å². The van der Waals surface area contributed by atoms with E-state index in [0.717, 1.165) is 18.2 Å². The Balaban J connectivity index is 1.72. The minimum absolute atomic E-state index is 0.135. The zero-order chi connectivity index (χ0) is 22.1. The molecule has 0 aliphatic rings. The Labute approximate surface area is 178 Å². The maximum Gasteiger partial charge on any atom is 0.318 e. The molecule has 0 aliphatic carbocycles. The highest BCUT2D eigenvalue weighted by Crippen LogP contribution is 2.35. The maximum absolute atomic E-state index is 12.6. The summed E-state index contributed by atoms with van der Waals surface area (Å²) in [6, 6.07) is 15.5. The summed E-state index contributed by atoms with van der Waals surface area (Å²) in [4.78, 5) is 33.2. The molecule has 1 heterocycles. The second-order valence-corrected chi connectivity index (χ2v) is 6.84. The van der Waals surface area contributed by atoms with Crippen molar-refractivity contribution in [3.05, 3.63) is 102 Å². The van der Waals surface area contributed by atoms with Gasteiger partial charge < -0.3 is 9.15 Å². The minimum Gasteiger partial charge on any atom is -0.456 e. The van der Waals surface area contributed by atoms with Crippen LogP contribution in [0.25, 0.3) is 22.3 Å². The lowest BCUT2D eigenvalue weighted by atomic mass is 10.1. The van der Waals surface area contributed by atoms with Crippen LogP contribution in [0.1, 0.15) is 0 Å². The molecule has 0 fully saturated rings. The number of nitro benzene ring substituents is 2. The number of nitro groups is 2. The van der Waals surface area contributed by atoms with Gasteiger partial charge in [-0.05, 0) is 48.5 Å². The number of non-ortho nitro benzene ring substituents is 1. The molecule has 1 aromatic heterocycles. The van der Waals surface area contributed by atoms with E-state index < -0.39 is 21.2 Å². The number of halogens is 1. The van der Waals surface area contributed by atoms with Gasteiger partial charge in [-0.1, -0.05) is 11.6 Å². The van der Waals surface area contributed by atoms with Gasteiger partial charge in [-0.2, -0.15) is 0 Å². The Kier molecular flexibility index (Phi) is 5.10. The molecule has 31 heavy (non-hydrogen) atoms. The number of ether oxygens (including phenoxy) is 1. The molecule has 9 nitrogen and oxygen atoms in total. The fourth-order valence-corrected chi connectivity index (χ4v) is 3.06. The lowest BCUT2D eigenvalue weighted by molar-refractivity contribution is -0.394. The van der Waals surface area contributed by atoms with E-state index in [-0.39, 0.29) is 22.3 Å². The molecule has 10 heteroatoms. The highest BCUT2D eigenvalue weighted by molar-refractivity contribution is 6.30. The molecule has 4 aromatic rings. The molecular formula is C21H11ClN2O7. The lowest BCUT2D eigenvalue weighted by Gasteiger charge is -2.08. The van der Waals surface area contributed by atoms with Gasteiger partial charge in [0.25, 0.3) is 5.69 Å². The third-order valence-electron chi connectivity index (χ3n) is 4.41. The van der Waals surface area contributed by atoms with Crippen molar-refractivity contribution in [1.29, 1.82) is 0 Å². The Morgan fingerprint density at radius 1 is 0.871 bits per heavy atom. The zero-order valence-corrected chi connectivity index (χ0v) is 16.2. The van der Waals surface area contributed by atoms with Gasteiger partial charge in [0.2, 0.25) is 5.75 Å². The first-order valence-electron chi connectivity index (χ1n) is 8.76. The Hall–Kier alpha value is -4.24. The molecular weight excluding hydrogens is 428 g/mol. The lowest BCUT2D eigenvalue weighted by Crippen LogP contribution is -2.01. The summed E-state index contributed by atoms with van der Waals surface area (Å²) in [6.45, 7) is 0. The summed E-state index contributed by atoms with van der Waals surface area (Å²) >= 11 is 5.88. The van der Waals surface area contributed by atoms with Gasteiger partial charge in [0, 0.05) is 22.7 Å². The number of nitrogens with zero attached hydrogens (tertiary/aromatic N) is 2. The number of rotatable bonds is 5. The second kappa shape index (κ2) is 7.88. The molecule has 0 spiro atoms. The largest absolute Gasteiger partial charge is 0.456 e. The molecule has 0 saturated carbocycles. The summed E-state index contributed by atoms with van der Waals surface area (Å²) in [5, 5.41) is 22.9. The third-order valence-corrected chi connectivity index (χ3v) is 4.66. The highest BCUT2D eigenvalue weighted by Gasteiger charge is 2.21. The van der Waals surface area contributed by atoms with Crippen LogP contribution in [-0.4, -0.2) is 9.85 Å². The van der Waals surface area contributed by atoms with Crippen molar-refractivity contribution in [2.24, 2.45) is 0 Å². The zero-order valence-electron chi connectivity index (χ0n) is 15.5. The van der Waals surface area contributed by atoms with Gasteiger partial charge in [-0.3, -0.25) is 25.0 Å². The molecule has 3 aromatic carbocycles. The number of fused-ring (bicyclic) bond motifs is 1. The highest BCUT2D eigenvalue weighted by atomic mass is 35.5. The van der Waals surface area contributed by atoms with Gasteiger partial charge in [0.15, 0.2) is 5.43 Å². The summed E-state index contributed by atoms with van der Waals surface area (Å²) in [5.41, 5.74) is -0.379. The average Bonchev–Trinajstić information content (AvgIpc) is 2.74. The SMILES string of the molecule is O=c1cc(-c2ccc(Cl)cc2)oc2ccc(Oc3ccc([N+](=O)[O-])cc3[N+](=O)[O-])cc12.